The first-order chi connectivity index (χ1) is 19.7. The summed E-state index contributed by atoms with van der Waals surface area (Å²) >= 11 is 0. The molecule has 5 nitrogen and oxygen atoms in total. The molecule has 1 heterocycles. The Hall–Kier alpha value is -3.34. The first-order valence-corrected chi connectivity index (χ1v) is 15.3. The number of aromatic nitrogens is 1. The van der Waals surface area contributed by atoms with Crippen LogP contribution < -0.4 is 19.4 Å². The fourth-order valence-corrected chi connectivity index (χ4v) is 4.96. The second-order valence-corrected chi connectivity index (χ2v) is 10.7. The van der Waals surface area contributed by atoms with Crippen molar-refractivity contribution < 1.29 is 18.8 Å². The Bertz CT molecular complexity index is 1100. The second-order valence-electron chi connectivity index (χ2n) is 10.7. The fraction of sp³-hybridized carbons (Fsp3) is 0.486. The van der Waals surface area contributed by atoms with Crippen molar-refractivity contribution in [3.8, 4) is 11.5 Å². The summed E-state index contributed by atoms with van der Waals surface area (Å²) in [6.07, 6.45) is 20.0. The van der Waals surface area contributed by atoms with Crippen LogP contribution in [-0.2, 0) is 17.8 Å². The van der Waals surface area contributed by atoms with Gasteiger partial charge >= 0.3 is 0 Å². The van der Waals surface area contributed by atoms with Gasteiger partial charge in [-0.05, 0) is 24.6 Å². The van der Waals surface area contributed by atoms with Crippen molar-refractivity contribution in [2.75, 3.05) is 19.0 Å². The molecule has 0 saturated carbocycles. The molecule has 0 atom stereocenters. The summed E-state index contributed by atoms with van der Waals surface area (Å²) in [4.78, 5) is 12.9. The quantitative estimate of drug-likeness (QED) is 0.115. The van der Waals surface area contributed by atoms with E-state index in [1.807, 2.05) is 73.1 Å². The number of rotatable bonds is 20. The summed E-state index contributed by atoms with van der Waals surface area (Å²) in [5, 5.41) is 3.02. The Labute approximate surface area is 241 Å². The Kier molecular flexibility index (Phi) is 14.7. The molecule has 0 fully saturated rings. The molecule has 1 aromatic heterocycles. The molecule has 3 rings (SSSR count). The molecule has 1 N–H and O–H groups in total. The zero-order valence-electron chi connectivity index (χ0n) is 24.7. The highest BCUT2D eigenvalue weighted by molar-refractivity contribution is 5.92. The standard InChI is InChI=1S/C35H48N2O3/c1-3-4-5-6-7-8-9-10-11-12-13-17-27-40-35-31(19-18-20-33(35)39-2)28-34(38)36-32-23-21-30(22-24-32)29-37-25-15-14-16-26-37/h14-16,18-26H,3-13,17,27-29H2,1-2H3/p+1. The van der Waals surface area contributed by atoms with Crippen molar-refractivity contribution >= 4 is 11.6 Å². The van der Waals surface area contributed by atoms with Crippen molar-refractivity contribution in [3.63, 3.8) is 0 Å². The van der Waals surface area contributed by atoms with Crippen molar-refractivity contribution in [1.82, 2.24) is 0 Å². The Balaban J connectivity index is 1.38. The summed E-state index contributed by atoms with van der Waals surface area (Å²) < 4.78 is 13.8. The summed E-state index contributed by atoms with van der Waals surface area (Å²) in [5.74, 6) is 1.28. The van der Waals surface area contributed by atoms with Gasteiger partial charge in [0.2, 0.25) is 5.91 Å². The molecule has 0 radical (unpaired) electrons. The number of nitrogens with zero attached hydrogens (tertiary/aromatic N) is 1. The SMILES string of the molecule is CCCCCCCCCCCCCCOc1c(CC(=O)Nc2ccc(C[n+]3ccccc3)cc2)cccc1OC. The second kappa shape index (κ2) is 18.9. The van der Waals surface area contributed by atoms with Crippen LogP contribution in [0.2, 0.25) is 0 Å². The Morgan fingerprint density at radius 3 is 2.00 bits per heavy atom. The van der Waals surface area contributed by atoms with Crippen LogP contribution in [0.3, 0.4) is 0 Å². The number of benzene rings is 2. The maximum atomic E-state index is 12.9. The first kappa shape index (κ1) is 31.2. The lowest BCUT2D eigenvalue weighted by molar-refractivity contribution is -0.688. The number of ether oxygens (including phenoxy) is 2. The molecule has 0 aliphatic carbocycles. The summed E-state index contributed by atoms with van der Waals surface area (Å²) in [7, 11) is 1.64. The third kappa shape index (κ3) is 11.8. The van der Waals surface area contributed by atoms with Crippen LogP contribution in [0.1, 0.15) is 95.1 Å². The van der Waals surface area contributed by atoms with Crippen LogP contribution in [0.15, 0.2) is 73.1 Å². The van der Waals surface area contributed by atoms with Crippen LogP contribution in [0.4, 0.5) is 5.69 Å². The fourth-order valence-electron chi connectivity index (χ4n) is 4.96. The number of nitrogens with one attached hydrogen (secondary N) is 1. The number of carbonyl (C=O) groups excluding carboxylic acids is 1. The van der Waals surface area contributed by atoms with Gasteiger partial charge in [-0.3, -0.25) is 4.79 Å². The van der Waals surface area contributed by atoms with Crippen LogP contribution >= 0.6 is 0 Å². The lowest BCUT2D eigenvalue weighted by Crippen LogP contribution is -2.32. The number of amides is 1. The zero-order valence-corrected chi connectivity index (χ0v) is 24.7. The number of para-hydroxylation sites is 1. The number of methoxy groups -OCH3 is 1. The molecular weight excluding hydrogens is 496 g/mol. The van der Waals surface area contributed by atoms with Crippen molar-refractivity contribution in [3.05, 3.63) is 84.2 Å². The average molecular weight is 546 g/mol. The van der Waals surface area contributed by atoms with Crippen LogP contribution in [0, 0.1) is 0 Å². The minimum Gasteiger partial charge on any atom is -0.493 e. The third-order valence-electron chi connectivity index (χ3n) is 7.26. The monoisotopic (exact) mass is 545 g/mol. The first-order valence-electron chi connectivity index (χ1n) is 15.3. The predicted octanol–water partition coefficient (Wildman–Crippen LogP) is 8.29. The predicted molar refractivity (Wildman–Crippen MR) is 164 cm³/mol. The van der Waals surface area contributed by atoms with E-state index < -0.39 is 0 Å². The van der Waals surface area contributed by atoms with Gasteiger partial charge in [-0.15, -0.1) is 0 Å². The molecule has 40 heavy (non-hydrogen) atoms. The van der Waals surface area contributed by atoms with E-state index in [0.29, 0.717) is 18.1 Å². The molecule has 1 amide bonds. The summed E-state index contributed by atoms with van der Waals surface area (Å²) in [6.45, 7) is 3.69. The van der Waals surface area contributed by atoms with Gasteiger partial charge < -0.3 is 14.8 Å². The highest BCUT2D eigenvalue weighted by atomic mass is 16.5. The Morgan fingerprint density at radius 1 is 0.750 bits per heavy atom. The van der Waals surface area contributed by atoms with Crippen LogP contribution in [-0.4, -0.2) is 19.6 Å². The lowest BCUT2D eigenvalue weighted by Gasteiger charge is -2.15. The van der Waals surface area contributed by atoms with Gasteiger partial charge in [-0.1, -0.05) is 108 Å². The lowest BCUT2D eigenvalue weighted by atomic mass is 10.1. The van der Waals surface area contributed by atoms with Crippen molar-refractivity contribution in [1.29, 1.82) is 0 Å². The number of carbonyl (C=O) groups is 1. The minimum absolute atomic E-state index is 0.0753. The van der Waals surface area contributed by atoms with E-state index in [2.05, 4.69) is 16.8 Å². The number of pyridine rings is 1. The maximum absolute atomic E-state index is 12.9. The zero-order chi connectivity index (χ0) is 28.3. The van der Waals surface area contributed by atoms with Gasteiger partial charge in [0.15, 0.2) is 30.4 Å². The average Bonchev–Trinajstić information content (AvgIpc) is 2.97. The van der Waals surface area contributed by atoms with E-state index in [9.17, 15) is 4.79 Å². The van der Waals surface area contributed by atoms with Gasteiger partial charge in [0.25, 0.3) is 0 Å². The highest BCUT2D eigenvalue weighted by Gasteiger charge is 2.14. The van der Waals surface area contributed by atoms with E-state index in [4.69, 9.17) is 9.47 Å². The number of hydrogen-bond acceptors (Lipinski definition) is 3. The van der Waals surface area contributed by atoms with E-state index >= 15 is 0 Å². The van der Waals surface area contributed by atoms with Gasteiger partial charge in [0.1, 0.15) is 0 Å². The van der Waals surface area contributed by atoms with Gasteiger partial charge in [-0.2, -0.15) is 0 Å². The van der Waals surface area contributed by atoms with Gasteiger partial charge in [0, 0.05) is 28.9 Å². The summed E-state index contributed by atoms with van der Waals surface area (Å²) in [5.41, 5.74) is 2.80. The van der Waals surface area contributed by atoms with Crippen LogP contribution in [0.25, 0.3) is 0 Å². The number of anilines is 1. The van der Waals surface area contributed by atoms with Crippen molar-refractivity contribution in [2.45, 2.75) is 96.9 Å². The molecule has 0 unspecified atom stereocenters. The smallest absolute Gasteiger partial charge is 0.228 e. The number of hydrogen-bond donors (Lipinski definition) is 1. The van der Waals surface area contributed by atoms with E-state index in [1.54, 1.807) is 7.11 Å². The molecule has 0 saturated heterocycles. The molecule has 0 spiro atoms. The van der Waals surface area contributed by atoms with E-state index in [-0.39, 0.29) is 12.3 Å². The molecule has 0 aliphatic heterocycles. The van der Waals surface area contributed by atoms with Gasteiger partial charge in [-0.25, -0.2) is 4.57 Å². The van der Waals surface area contributed by atoms with E-state index in [1.165, 1.54) is 76.2 Å². The highest BCUT2D eigenvalue weighted by Crippen LogP contribution is 2.32. The third-order valence-corrected chi connectivity index (χ3v) is 7.26. The van der Waals surface area contributed by atoms with Gasteiger partial charge in [0.05, 0.1) is 20.1 Å². The summed E-state index contributed by atoms with van der Waals surface area (Å²) in [6, 6.07) is 19.8. The van der Waals surface area contributed by atoms with Crippen LogP contribution in [0.5, 0.6) is 11.5 Å². The molecule has 0 bridgehead atoms. The normalized spacial score (nSPS) is 10.8. The molecule has 3 aromatic rings. The van der Waals surface area contributed by atoms with E-state index in [0.717, 1.165) is 24.2 Å². The molecule has 5 heteroatoms. The molecule has 216 valence electrons. The largest absolute Gasteiger partial charge is 0.493 e. The minimum atomic E-state index is -0.0753. The maximum Gasteiger partial charge on any atom is 0.228 e. The Morgan fingerprint density at radius 2 is 1.38 bits per heavy atom. The topological polar surface area (TPSA) is 51.4 Å². The number of unbranched alkanes of at least 4 members (excludes halogenated alkanes) is 11. The molecule has 2 aromatic carbocycles. The molecule has 0 aliphatic rings. The molecular formula is C35H49N2O3+. The van der Waals surface area contributed by atoms with Crippen molar-refractivity contribution in [2.24, 2.45) is 0 Å².